The minimum atomic E-state index is -1.28. The van der Waals surface area contributed by atoms with Crippen LogP contribution in [0.2, 0.25) is 0 Å². The fraction of sp³-hybridized carbons (Fsp3) is 0.571. The standard InChI is InChI=1S/C21H31N3O5.2Na/c22-13-5-4-9-16(19(25)24-14-6-10-18(24)21(28)29)23-17(20(26)27)12-11-15-7-2-1-3-8-15;;/h1-3,7-8,16-18,23H,4-6,9-14,22H2,(H,26,27)(H,28,29);;/q;2*+1/p-2/t16-,17-,18-;;/m0../s1. The van der Waals surface area contributed by atoms with E-state index in [2.05, 4.69) is 5.32 Å². The normalized spacial score (nSPS) is 17.2. The van der Waals surface area contributed by atoms with Gasteiger partial charge in [0.1, 0.15) is 0 Å². The predicted octanol–water partition coefficient (Wildman–Crippen LogP) is -7.43. The Balaban J connectivity index is 0.00000450. The van der Waals surface area contributed by atoms with Crippen LogP contribution in [0.5, 0.6) is 0 Å². The van der Waals surface area contributed by atoms with Crippen molar-refractivity contribution in [1.82, 2.24) is 10.2 Å². The Morgan fingerprint density at radius 1 is 1.06 bits per heavy atom. The van der Waals surface area contributed by atoms with Crippen molar-refractivity contribution in [3.8, 4) is 0 Å². The van der Waals surface area contributed by atoms with Gasteiger partial charge in [0.15, 0.2) is 0 Å². The zero-order valence-electron chi connectivity index (χ0n) is 18.5. The fourth-order valence-electron chi connectivity index (χ4n) is 3.71. The van der Waals surface area contributed by atoms with E-state index in [1.54, 1.807) is 0 Å². The van der Waals surface area contributed by atoms with E-state index < -0.39 is 36.0 Å². The summed E-state index contributed by atoms with van der Waals surface area (Å²) < 4.78 is 0. The number of aryl methyl sites for hydroxylation is 1. The number of benzene rings is 1. The summed E-state index contributed by atoms with van der Waals surface area (Å²) in [7, 11) is 0. The van der Waals surface area contributed by atoms with E-state index in [1.807, 2.05) is 30.3 Å². The second kappa shape index (κ2) is 16.2. The molecule has 1 heterocycles. The summed E-state index contributed by atoms with van der Waals surface area (Å²) in [5.41, 5.74) is 6.52. The first kappa shape index (κ1) is 30.6. The Hall–Kier alpha value is -0.450. The minimum absolute atomic E-state index is 0. The van der Waals surface area contributed by atoms with Crippen molar-refractivity contribution in [2.75, 3.05) is 13.1 Å². The van der Waals surface area contributed by atoms with Gasteiger partial charge in [-0.2, -0.15) is 0 Å². The van der Waals surface area contributed by atoms with Crippen molar-refractivity contribution in [2.24, 2.45) is 5.73 Å². The minimum Gasteiger partial charge on any atom is -0.548 e. The zero-order valence-corrected chi connectivity index (χ0v) is 22.5. The second-order valence-corrected chi connectivity index (χ2v) is 7.41. The van der Waals surface area contributed by atoms with E-state index in [0.717, 1.165) is 5.56 Å². The summed E-state index contributed by atoms with van der Waals surface area (Å²) in [4.78, 5) is 37.3. The van der Waals surface area contributed by atoms with Crippen molar-refractivity contribution in [3.63, 3.8) is 0 Å². The number of carbonyl (C=O) groups excluding carboxylic acids is 3. The average molecular weight is 449 g/mol. The molecule has 0 unspecified atom stereocenters. The summed E-state index contributed by atoms with van der Waals surface area (Å²) >= 11 is 0. The first-order valence-corrected chi connectivity index (χ1v) is 10.2. The largest absolute Gasteiger partial charge is 1.00 e. The van der Waals surface area contributed by atoms with Gasteiger partial charge in [-0.25, -0.2) is 0 Å². The number of carboxylic acid groups (broad SMARTS) is 2. The van der Waals surface area contributed by atoms with Gasteiger partial charge in [-0.3, -0.25) is 10.1 Å². The molecule has 1 aromatic rings. The van der Waals surface area contributed by atoms with Crippen LogP contribution in [0, 0.1) is 0 Å². The SMILES string of the molecule is NCCCC[C@H](N[C@@H](CCc1ccccc1)C(=O)[O-])C(=O)N1CCC[C@H]1C(=O)[O-].[Na+].[Na+]. The topological polar surface area (TPSA) is 139 Å². The molecule has 1 fully saturated rings. The van der Waals surface area contributed by atoms with Crippen LogP contribution in [0.25, 0.3) is 0 Å². The molecule has 3 N–H and O–H groups in total. The molecule has 8 nitrogen and oxygen atoms in total. The van der Waals surface area contributed by atoms with E-state index >= 15 is 0 Å². The van der Waals surface area contributed by atoms with Gasteiger partial charge in [0.25, 0.3) is 0 Å². The number of nitrogens with one attached hydrogen (secondary N) is 1. The summed E-state index contributed by atoms with van der Waals surface area (Å²) in [6, 6.07) is 6.66. The number of likely N-dealkylation sites (tertiary alicyclic amines) is 1. The van der Waals surface area contributed by atoms with Crippen LogP contribution in [0.3, 0.4) is 0 Å². The van der Waals surface area contributed by atoms with Gasteiger partial charge in [0, 0.05) is 12.6 Å². The Morgan fingerprint density at radius 2 is 1.74 bits per heavy atom. The Labute approximate surface area is 227 Å². The van der Waals surface area contributed by atoms with Gasteiger partial charge in [-0.1, -0.05) is 36.8 Å². The van der Waals surface area contributed by atoms with Crippen LogP contribution in [0.1, 0.15) is 44.1 Å². The molecule has 1 saturated heterocycles. The van der Waals surface area contributed by atoms with Gasteiger partial charge in [0.05, 0.1) is 24.0 Å². The first-order chi connectivity index (χ1) is 13.9. The molecule has 1 aliphatic heterocycles. The fourth-order valence-corrected chi connectivity index (χ4v) is 3.71. The number of nitrogens with two attached hydrogens (primary N) is 1. The molecule has 0 aromatic heterocycles. The third-order valence-corrected chi connectivity index (χ3v) is 5.30. The number of carboxylic acids is 2. The van der Waals surface area contributed by atoms with E-state index in [9.17, 15) is 24.6 Å². The molecule has 0 bridgehead atoms. The van der Waals surface area contributed by atoms with E-state index in [-0.39, 0.29) is 65.5 Å². The third kappa shape index (κ3) is 9.92. The molecule has 2 rings (SSSR count). The van der Waals surface area contributed by atoms with Crippen molar-refractivity contribution in [2.45, 2.75) is 63.1 Å². The van der Waals surface area contributed by atoms with Crippen molar-refractivity contribution in [1.29, 1.82) is 0 Å². The molecule has 1 amide bonds. The molecule has 3 atom stereocenters. The smallest absolute Gasteiger partial charge is 0.548 e. The van der Waals surface area contributed by atoms with Crippen LogP contribution >= 0.6 is 0 Å². The molecule has 160 valence electrons. The van der Waals surface area contributed by atoms with E-state index in [4.69, 9.17) is 5.73 Å². The number of aliphatic carboxylic acids is 2. The zero-order chi connectivity index (χ0) is 21.2. The number of rotatable bonds is 12. The van der Waals surface area contributed by atoms with Crippen LogP contribution in [-0.4, -0.2) is 54.0 Å². The van der Waals surface area contributed by atoms with Gasteiger partial charge in [0.2, 0.25) is 5.91 Å². The quantitative estimate of drug-likeness (QED) is 0.239. The van der Waals surface area contributed by atoms with Gasteiger partial charge < -0.3 is 30.4 Å². The molecular formula is C21H29N3Na2O5. The number of unbranched alkanes of at least 4 members (excludes halogenated alkanes) is 1. The Morgan fingerprint density at radius 3 is 2.32 bits per heavy atom. The average Bonchev–Trinajstić information content (AvgIpc) is 3.20. The monoisotopic (exact) mass is 449 g/mol. The molecule has 0 aliphatic carbocycles. The van der Waals surface area contributed by atoms with Crippen LogP contribution in [0.15, 0.2) is 30.3 Å². The van der Waals surface area contributed by atoms with E-state index in [0.29, 0.717) is 51.6 Å². The number of hydrogen-bond donors (Lipinski definition) is 2. The molecule has 10 heteroatoms. The summed E-state index contributed by atoms with van der Waals surface area (Å²) in [5.74, 6) is -2.97. The number of hydrogen-bond acceptors (Lipinski definition) is 7. The maximum absolute atomic E-state index is 13.0. The van der Waals surface area contributed by atoms with E-state index in [1.165, 1.54) is 4.90 Å². The second-order valence-electron chi connectivity index (χ2n) is 7.41. The Kier molecular flexibility index (Phi) is 16.0. The molecule has 31 heavy (non-hydrogen) atoms. The summed E-state index contributed by atoms with van der Waals surface area (Å²) in [6.45, 7) is 0.788. The van der Waals surface area contributed by atoms with Gasteiger partial charge in [-0.05, 0) is 50.6 Å². The third-order valence-electron chi connectivity index (χ3n) is 5.30. The molecule has 0 spiro atoms. The Bertz CT molecular complexity index is 693. The molecule has 0 radical (unpaired) electrons. The van der Waals surface area contributed by atoms with Crippen LogP contribution in [-0.2, 0) is 20.8 Å². The number of amides is 1. The maximum atomic E-state index is 13.0. The van der Waals surface area contributed by atoms with Crippen molar-refractivity contribution < 1.29 is 83.7 Å². The van der Waals surface area contributed by atoms with Crippen LogP contribution < -0.4 is 80.4 Å². The summed E-state index contributed by atoms with van der Waals surface area (Å²) in [5, 5.41) is 25.9. The van der Waals surface area contributed by atoms with Gasteiger partial charge in [-0.15, -0.1) is 0 Å². The summed E-state index contributed by atoms with van der Waals surface area (Å²) in [6.07, 6.45) is 3.40. The maximum Gasteiger partial charge on any atom is 1.00 e. The first-order valence-electron chi connectivity index (χ1n) is 10.2. The number of nitrogens with zero attached hydrogens (tertiary/aromatic N) is 1. The van der Waals surface area contributed by atoms with Crippen LogP contribution in [0.4, 0.5) is 0 Å². The van der Waals surface area contributed by atoms with Crippen molar-refractivity contribution in [3.05, 3.63) is 35.9 Å². The molecule has 0 saturated carbocycles. The molecule has 1 aliphatic rings. The number of carbonyl (C=O) groups is 3. The molecule has 1 aromatic carbocycles. The van der Waals surface area contributed by atoms with Gasteiger partial charge >= 0.3 is 59.1 Å². The molecular weight excluding hydrogens is 420 g/mol. The van der Waals surface area contributed by atoms with Crippen molar-refractivity contribution >= 4 is 17.8 Å². The predicted molar refractivity (Wildman–Crippen MR) is 103 cm³/mol.